The molecule has 148 valence electrons. The number of nitrogens with zero attached hydrogens (tertiary/aromatic N) is 6. The average molecular weight is 374 g/mol. The molecule has 8 heteroatoms. The van der Waals surface area contributed by atoms with E-state index in [1.54, 1.807) is 0 Å². The number of rotatable bonds is 4. The van der Waals surface area contributed by atoms with E-state index < -0.39 is 0 Å². The molecular formula is C19H30N6O2. The van der Waals surface area contributed by atoms with Gasteiger partial charge in [0, 0.05) is 58.4 Å². The van der Waals surface area contributed by atoms with Gasteiger partial charge in [0.2, 0.25) is 5.91 Å². The summed E-state index contributed by atoms with van der Waals surface area (Å²) in [5.74, 6) is 3.08. The van der Waals surface area contributed by atoms with Crippen molar-refractivity contribution in [3.05, 3.63) is 11.9 Å². The molecule has 1 aromatic heterocycles. The molecule has 1 aromatic rings. The van der Waals surface area contributed by atoms with Crippen molar-refractivity contribution in [1.29, 1.82) is 0 Å². The van der Waals surface area contributed by atoms with E-state index in [2.05, 4.69) is 30.7 Å². The van der Waals surface area contributed by atoms with E-state index in [9.17, 15) is 4.79 Å². The van der Waals surface area contributed by atoms with Crippen molar-refractivity contribution in [3.63, 3.8) is 0 Å². The van der Waals surface area contributed by atoms with Gasteiger partial charge in [0.25, 0.3) is 0 Å². The first kappa shape index (κ1) is 18.4. The molecule has 0 bridgehead atoms. The summed E-state index contributed by atoms with van der Waals surface area (Å²) in [6.45, 7) is 11.2. The predicted octanol–water partition coefficient (Wildman–Crippen LogP) is 0.366. The number of likely N-dealkylation sites (tertiary alicyclic amines) is 1. The number of carbonyl (C=O) groups is 1. The molecule has 0 aliphatic carbocycles. The number of morpholine rings is 1. The summed E-state index contributed by atoms with van der Waals surface area (Å²) >= 11 is 0. The zero-order valence-electron chi connectivity index (χ0n) is 16.3. The number of amides is 1. The lowest BCUT2D eigenvalue weighted by Gasteiger charge is -2.36. The molecule has 3 fully saturated rings. The molecule has 0 spiro atoms. The summed E-state index contributed by atoms with van der Waals surface area (Å²) in [5, 5.41) is 0. The highest BCUT2D eigenvalue weighted by Gasteiger charge is 2.24. The molecule has 3 aliphatic rings. The van der Waals surface area contributed by atoms with Gasteiger partial charge in [0.15, 0.2) is 0 Å². The third-order valence-corrected chi connectivity index (χ3v) is 5.66. The minimum absolute atomic E-state index is 0.286. The third-order valence-electron chi connectivity index (χ3n) is 5.66. The van der Waals surface area contributed by atoms with Gasteiger partial charge in [-0.3, -0.25) is 9.69 Å². The number of carbonyl (C=O) groups excluding carboxylic acids is 1. The lowest BCUT2D eigenvalue weighted by molar-refractivity contribution is -0.131. The summed E-state index contributed by atoms with van der Waals surface area (Å²) < 4.78 is 5.45. The van der Waals surface area contributed by atoms with Crippen LogP contribution in [0, 0.1) is 6.92 Å². The van der Waals surface area contributed by atoms with Crippen molar-refractivity contribution in [2.24, 2.45) is 0 Å². The summed E-state index contributed by atoms with van der Waals surface area (Å²) in [6, 6.07) is 2.10. The standard InChI is InChI=1S/C19H30N6O2/c1-16-20-17(14-18(21-16)24-10-12-27-13-11-24)23-8-6-22(7-9-23)15-19(26)25-4-2-3-5-25/h14H,2-13,15H2,1H3. The first-order chi connectivity index (χ1) is 13.2. The maximum atomic E-state index is 12.4. The van der Waals surface area contributed by atoms with Crippen LogP contribution in [-0.2, 0) is 9.53 Å². The molecule has 4 rings (SSSR count). The van der Waals surface area contributed by atoms with Crippen LogP contribution in [0.5, 0.6) is 0 Å². The Kier molecular flexibility index (Phi) is 5.73. The number of ether oxygens (including phenoxy) is 1. The second kappa shape index (κ2) is 8.39. The van der Waals surface area contributed by atoms with Crippen LogP contribution in [0.2, 0.25) is 0 Å². The van der Waals surface area contributed by atoms with E-state index in [1.165, 1.54) is 0 Å². The summed E-state index contributed by atoms with van der Waals surface area (Å²) in [6.07, 6.45) is 2.30. The molecule has 3 aliphatic heterocycles. The Labute approximate surface area is 161 Å². The number of piperazine rings is 1. The van der Waals surface area contributed by atoms with Crippen LogP contribution < -0.4 is 9.80 Å². The largest absolute Gasteiger partial charge is 0.378 e. The van der Waals surface area contributed by atoms with Crippen molar-refractivity contribution in [1.82, 2.24) is 19.8 Å². The fraction of sp³-hybridized carbons (Fsp3) is 0.737. The van der Waals surface area contributed by atoms with Gasteiger partial charge >= 0.3 is 0 Å². The van der Waals surface area contributed by atoms with Gasteiger partial charge in [0.1, 0.15) is 17.5 Å². The molecule has 4 heterocycles. The molecule has 8 nitrogen and oxygen atoms in total. The van der Waals surface area contributed by atoms with Crippen molar-refractivity contribution < 1.29 is 9.53 Å². The Morgan fingerprint density at radius 3 is 2.15 bits per heavy atom. The molecular weight excluding hydrogens is 344 g/mol. The Hall–Kier alpha value is -1.93. The molecule has 0 aromatic carbocycles. The number of aromatic nitrogens is 2. The van der Waals surface area contributed by atoms with Gasteiger partial charge in [-0.2, -0.15) is 0 Å². The Balaban J connectivity index is 1.34. The fourth-order valence-corrected chi connectivity index (χ4v) is 4.05. The minimum Gasteiger partial charge on any atom is -0.378 e. The Morgan fingerprint density at radius 2 is 1.52 bits per heavy atom. The highest BCUT2D eigenvalue weighted by atomic mass is 16.5. The molecule has 3 saturated heterocycles. The summed E-state index contributed by atoms with van der Waals surface area (Å²) in [4.78, 5) is 30.5. The van der Waals surface area contributed by atoms with Crippen LogP contribution in [0.3, 0.4) is 0 Å². The quantitative estimate of drug-likeness (QED) is 0.754. The van der Waals surface area contributed by atoms with Gasteiger partial charge in [0.05, 0.1) is 19.8 Å². The SMILES string of the molecule is Cc1nc(N2CCOCC2)cc(N2CCN(CC(=O)N3CCCC3)CC2)n1. The summed E-state index contributed by atoms with van der Waals surface area (Å²) in [7, 11) is 0. The molecule has 1 amide bonds. The summed E-state index contributed by atoms with van der Waals surface area (Å²) in [5.41, 5.74) is 0. The number of hydrogen-bond acceptors (Lipinski definition) is 7. The Bertz CT molecular complexity index is 650. The normalized spacial score (nSPS) is 21.7. The lowest BCUT2D eigenvalue weighted by Crippen LogP contribution is -2.50. The zero-order chi connectivity index (χ0) is 18.6. The van der Waals surface area contributed by atoms with E-state index in [4.69, 9.17) is 4.74 Å². The highest BCUT2D eigenvalue weighted by Crippen LogP contribution is 2.21. The maximum Gasteiger partial charge on any atom is 0.236 e. The van der Waals surface area contributed by atoms with Gasteiger partial charge in [-0.15, -0.1) is 0 Å². The molecule has 0 unspecified atom stereocenters. The van der Waals surface area contributed by atoms with E-state index >= 15 is 0 Å². The first-order valence-corrected chi connectivity index (χ1v) is 10.1. The van der Waals surface area contributed by atoms with Crippen LogP contribution in [-0.4, -0.2) is 97.8 Å². The van der Waals surface area contributed by atoms with Gasteiger partial charge < -0.3 is 19.4 Å². The van der Waals surface area contributed by atoms with E-state index in [1.807, 2.05) is 11.8 Å². The van der Waals surface area contributed by atoms with Gasteiger partial charge in [-0.25, -0.2) is 9.97 Å². The topological polar surface area (TPSA) is 65.0 Å². The van der Waals surface area contributed by atoms with E-state index in [0.29, 0.717) is 6.54 Å². The number of hydrogen-bond donors (Lipinski definition) is 0. The van der Waals surface area contributed by atoms with Crippen molar-refractivity contribution >= 4 is 17.5 Å². The molecule has 0 saturated carbocycles. The fourth-order valence-electron chi connectivity index (χ4n) is 4.05. The average Bonchev–Trinajstić information content (AvgIpc) is 3.24. The lowest BCUT2D eigenvalue weighted by atomic mass is 10.3. The highest BCUT2D eigenvalue weighted by molar-refractivity contribution is 5.78. The monoisotopic (exact) mass is 374 g/mol. The molecule has 0 N–H and O–H groups in total. The van der Waals surface area contributed by atoms with Gasteiger partial charge in [-0.05, 0) is 19.8 Å². The van der Waals surface area contributed by atoms with Crippen LogP contribution in [0.25, 0.3) is 0 Å². The van der Waals surface area contributed by atoms with Crippen LogP contribution >= 0.6 is 0 Å². The number of anilines is 2. The van der Waals surface area contributed by atoms with Crippen molar-refractivity contribution in [2.45, 2.75) is 19.8 Å². The maximum absolute atomic E-state index is 12.4. The van der Waals surface area contributed by atoms with Gasteiger partial charge in [-0.1, -0.05) is 0 Å². The van der Waals surface area contributed by atoms with E-state index in [-0.39, 0.29) is 5.91 Å². The van der Waals surface area contributed by atoms with Crippen molar-refractivity contribution in [2.75, 3.05) is 81.9 Å². The molecule has 0 atom stereocenters. The third kappa shape index (κ3) is 4.50. The smallest absolute Gasteiger partial charge is 0.236 e. The number of aryl methyl sites for hydroxylation is 1. The predicted molar refractivity (Wildman–Crippen MR) is 104 cm³/mol. The zero-order valence-corrected chi connectivity index (χ0v) is 16.3. The second-order valence-corrected chi connectivity index (χ2v) is 7.58. The first-order valence-electron chi connectivity index (χ1n) is 10.1. The van der Waals surface area contributed by atoms with Crippen LogP contribution in [0.1, 0.15) is 18.7 Å². The molecule has 27 heavy (non-hydrogen) atoms. The van der Waals surface area contributed by atoms with E-state index in [0.717, 1.165) is 95.9 Å². The Morgan fingerprint density at radius 1 is 0.926 bits per heavy atom. The van der Waals surface area contributed by atoms with Crippen molar-refractivity contribution in [3.8, 4) is 0 Å². The van der Waals surface area contributed by atoms with Crippen LogP contribution in [0.4, 0.5) is 11.6 Å². The minimum atomic E-state index is 0.286. The molecule has 0 radical (unpaired) electrons. The van der Waals surface area contributed by atoms with Crippen LogP contribution in [0.15, 0.2) is 6.07 Å². The second-order valence-electron chi connectivity index (χ2n) is 7.58.